The Morgan fingerprint density at radius 1 is 1.26 bits per heavy atom. The van der Waals surface area contributed by atoms with E-state index in [-0.39, 0.29) is 5.54 Å². The smallest absolute Gasteiger partial charge is 0.0169 e. The van der Waals surface area contributed by atoms with Crippen LogP contribution in [0, 0.1) is 5.92 Å². The van der Waals surface area contributed by atoms with Gasteiger partial charge in [-0.05, 0) is 52.6 Å². The molecule has 2 fully saturated rings. The van der Waals surface area contributed by atoms with E-state index >= 15 is 0 Å². The molecule has 0 aromatic carbocycles. The van der Waals surface area contributed by atoms with Gasteiger partial charge in [-0.3, -0.25) is 4.90 Å². The molecular weight excluding hydrogens is 236 g/mol. The van der Waals surface area contributed by atoms with Gasteiger partial charge in [0.1, 0.15) is 0 Å². The van der Waals surface area contributed by atoms with E-state index in [1.807, 2.05) is 0 Å². The molecule has 19 heavy (non-hydrogen) atoms. The van der Waals surface area contributed by atoms with Gasteiger partial charge in [0.2, 0.25) is 0 Å². The number of rotatable bonds is 4. The van der Waals surface area contributed by atoms with Gasteiger partial charge in [-0.2, -0.15) is 0 Å². The van der Waals surface area contributed by atoms with Crippen LogP contribution < -0.4 is 11.1 Å². The molecule has 3 N–H and O–H groups in total. The number of nitrogens with two attached hydrogens (primary N) is 1. The minimum Gasteiger partial charge on any atom is -0.327 e. The first-order valence-corrected chi connectivity index (χ1v) is 7.89. The van der Waals surface area contributed by atoms with Crippen LogP contribution in [0.3, 0.4) is 0 Å². The Kier molecular flexibility index (Phi) is 5.23. The third-order valence-electron chi connectivity index (χ3n) is 4.97. The van der Waals surface area contributed by atoms with Gasteiger partial charge in [-0.25, -0.2) is 0 Å². The molecule has 0 aromatic rings. The number of piperidine rings is 1. The first kappa shape index (κ1) is 15.2. The van der Waals surface area contributed by atoms with Gasteiger partial charge in [-0.15, -0.1) is 0 Å². The molecule has 2 heterocycles. The van der Waals surface area contributed by atoms with Crippen molar-refractivity contribution in [2.45, 2.75) is 44.7 Å². The molecule has 0 radical (unpaired) electrons. The molecule has 112 valence electrons. The molecule has 2 saturated heterocycles. The minimum absolute atomic E-state index is 0.234. The van der Waals surface area contributed by atoms with Gasteiger partial charge < -0.3 is 16.0 Å². The lowest BCUT2D eigenvalue weighted by Gasteiger charge is -2.44. The Balaban J connectivity index is 1.87. The van der Waals surface area contributed by atoms with Gasteiger partial charge in [0, 0.05) is 44.3 Å². The zero-order valence-electron chi connectivity index (χ0n) is 13.0. The number of hydrogen-bond acceptors (Lipinski definition) is 4. The second kappa shape index (κ2) is 6.53. The molecular formula is C15H32N4. The van der Waals surface area contributed by atoms with Crippen molar-refractivity contribution >= 4 is 0 Å². The molecule has 0 bridgehead atoms. The van der Waals surface area contributed by atoms with Crippen LogP contribution in [0.5, 0.6) is 0 Å². The predicted molar refractivity (Wildman–Crippen MR) is 81.3 cm³/mol. The fourth-order valence-electron chi connectivity index (χ4n) is 3.70. The highest BCUT2D eigenvalue weighted by Gasteiger charge is 2.33. The van der Waals surface area contributed by atoms with E-state index in [9.17, 15) is 0 Å². The lowest BCUT2D eigenvalue weighted by Crippen LogP contribution is -2.56. The molecule has 2 atom stereocenters. The summed E-state index contributed by atoms with van der Waals surface area (Å²) in [6.45, 7) is 11.7. The summed E-state index contributed by atoms with van der Waals surface area (Å²) >= 11 is 0. The maximum Gasteiger partial charge on any atom is 0.0169 e. The normalized spacial score (nSPS) is 29.4. The fourth-order valence-corrected chi connectivity index (χ4v) is 3.70. The van der Waals surface area contributed by atoms with Gasteiger partial charge >= 0.3 is 0 Å². The minimum atomic E-state index is 0.234. The van der Waals surface area contributed by atoms with Crippen molar-refractivity contribution in [2.75, 3.05) is 46.3 Å². The Morgan fingerprint density at radius 2 is 1.95 bits per heavy atom. The Bertz CT molecular complexity index is 273. The number of likely N-dealkylation sites (tertiary alicyclic amines) is 1. The van der Waals surface area contributed by atoms with E-state index in [1.165, 1.54) is 25.9 Å². The van der Waals surface area contributed by atoms with Gasteiger partial charge in [0.05, 0.1) is 0 Å². The lowest BCUT2D eigenvalue weighted by molar-refractivity contribution is 0.0744. The van der Waals surface area contributed by atoms with Gasteiger partial charge in [0.15, 0.2) is 0 Å². The molecule has 0 aliphatic carbocycles. The second-order valence-electron chi connectivity index (χ2n) is 7.08. The molecule has 2 rings (SSSR count). The van der Waals surface area contributed by atoms with Crippen molar-refractivity contribution in [2.24, 2.45) is 11.7 Å². The van der Waals surface area contributed by atoms with Crippen LogP contribution in [0.1, 0.15) is 33.1 Å². The van der Waals surface area contributed by atoms with E-state index in [0.717, 1.165) is 32.6 Å². The first-order valence-electron chi connectivity index (χ1n) is 7.89. The van der Waals surface area contributed by atoms with Crippen molar-refractivity contribution in [1.82, 2.24) is 15.1 Å². The molecule has 0 spiro atoms. The van der Waals surface area contributed by atoms with Crippen molar-refractivity contribution in [3.8, 4) is 0 Å². The molecule has 4 heteroatoms. The Labute approximate surface area is 118 Å². The maximum absolute atomic E-state index is 6.53. The predicted octanol–water partition coefficient (Wildman–Crippen LogP) is 0.729. The zero-order valence-corrected chi connectivity index (χ0v) is 13.0. The SMILES string of the molecule is CN1CCCC(C(N)CC(C)(C)N2CCNCC2)C1. The van der Waals surface area contributed by atoms with Crippen LogP contribution in [0.4, 0.5) is 0 Å². The summed E-state index contributed by atoms with van der Waals surface area (Å²) in [5, 5.41) is 3.43. The third kappa shape index (κ3) is 4.15. The number of hydrogen-bond donors (Lipinski definition) is 2. The first-order chi connectivity index (χ1) is 8.99. The topological polar surface area (TPSA) is 44.5 Å². The van der Waals surface area contributed by atoms with Crippen molar-refractivity contribution in [3.05, 3.63) is 0 Å². The monoisotopic (exact) mass is 268 g/mol. The van der Waals surface area contributed by atoms with E-state index < -0.39 is 0 Å². The van der Waals surface area contributed by atoms with Crippen molar-refractivity contribution < 1.29 is 0 Å². The molecule has 2 aliphatic rings. The highest BCUT2D eigenvalue weighted by molar-refractivity contribution is 4.91. The van der Waals surface area contributed by atoms with Crippen molar-refractivity contribution in [1.29, 1.82) is 0 Å². The molecule has 2 aliphatic heterocycles. The summed E-state index contributed by atoms with van der Waals surface area (Å²) in [4.78, 5) is 5.04. The quantitative estimate of drug-likeness (QED) is 0.789. The van der Waals surface area contributed by atoms with Crippen LogP contribution in [0.15, 0.2) is 0 Å². The molecule has 0 aromatic heterocycles. The molecule has 2 unspecified atom stereocenters. The summed E-state index contributed by atoms with van der Waals surface area (Å²) in [5.41, 5.74) is 6.77. The molecule has 4 nitrogen and oxygen atoms in total. The zero-order chi connectivity index (χ0) is 13.9. The number of nitrogens with zero attached hydrogens (tertiary/aromatic N) is 2. The second-order valence-corrected chi connectivity index (χ2v) is 7.08. The highest BCUT2D eigenvalue weighted by atomic mass is 15.2. The standard InChI is InChI=1S/C15H32N4/c1-15(2,19-9-6-17-7-10-19)11-14(16)13-5-4-8-18(3)12-13/h13-14,17H,4-12,16H2,1-3H3. The number of piperazine rings is 1. The van der Waals surface area contributed by atoms with E-state index in [1.54, 1.807) is 0 Å². The third-order valence-corrected chi connectivity index (χ3v) is 4.97. The van der Waals surface area contributed by atoms with E-state index in [4.69, 9.17) is 5.73 Å². The van der Waals surface area contributed by atoms with Crippen LogP contribution in [-0.2, 0) is 0 Å². The van der Waals surface area contributed by atoms with E-state index in [2.05, 4.69) is 36.0 Å². The van der Waals surface area contributed by atoms with Crippen LogP contribution in [0.2, 0.25) is 0 Å². The summed E-state index contributed by atoms with van der Waals surface area (Å²) in [6.07, 6.45) is 3.73. The molecule has 0 amide bonds. The van der Waals surface area contributed by atoms with Gasteiger partial charge in [0.25, 0.3) is 0 Å². The fraction of sp³-hybridized carbons (Fsp3) is 1.00. The van der Waals surface area contributed by atoms with Crippen LogP contribution >= 0.6 is 0 Å². The maximum atomic E-state index is 6.53. The lowest BCUT2D eigenvalue weighted by atomic mass is 9.83. The van der Waals surface area contributed by atoms with Crippen LogP contribution in [0.25, 0.3) is 0 Å². The largest absolute Gasteiger partial charge is 0.327 e. The Hall–Kier alpha value is -0.160. The summed E-state index contributed by atoms with van der Waals surface area (Å²) < 4.78 is 0. The van der Waals surface area contributed by atoms with E-state index in [0.29, 0.717) is 12.0 Å². The average Bonchev–Trinajstić information content (AvgIpc) is 2.39. The van der Waals surface area contributed by atoms with Crippen LogP contribution in [-0.4, -0.2) is 67.7 Å². The summed E-state index contributed by atoms with van der Waals surface area (Å²) in [5.74, 6) is 0.681. The number of nitrogens with one attached hydrogen (secondary N) is 1. The Morgan fingerprint density at radius 3 is 2.58 bits per heavy atom. The summed E-state index contributed by atoms with van der Waals surface area (Å²) in [6, 6.07) is 0.340. The summed E-state index contributed by atoms with van der Waals surface area (Å²) in [7, 11) is 2.22. The van der Waals surface area contributed by atoms with Crippen molar-refractivity contribution in [3.63, 3.8) is 0 Å². The molecule has 0 saturated carbocycles. The van der Waals surface area contributed by atoms with Gasteiger partial charge in [-0.1, -0.05) is 0 Å². The average molecular weight is 268 g/mol. The highest BCUT2D eigenvalue weighted by Crippen LogP contribution is 2.26.